The molecule has 6 aromatic rings. The van der Waals surface area contributed by atoms with E-state index >= 15 is 0 Å². The van der Waals surface area contributed by atoms with Crippen LogP contribution in [0.4, 0.5) is 39.8 Å². The summed E-state index contributed by atoms with van der Waals surface area (Å²) in [5.74, 6) is 0. The smallest absolute Gasteiger partial charge is 0.0463 e. The van der Waals surface area contributed by atoms with Crippen molar-refractivity contribution in [3.8, 4) is 11.1 Å². The highest BCUT2D eigenvalue weighted by Crippen LogP contribution is 2.38. The van der Waals surface area contributed by atoms with Gasteiger partial charge in [-0.3, -0.25) is 0 Å². The van der Waals surface area contributed by atoms with E-state index in [1.165, 1.54) is 27.8 Å². The zero-order valence-corrected chi connectivity index (χ0v) is 24.3. The third-order valence-electron chi connectivity index (χ3n) is 7.61. The van der Waals surface area contributed by atoms with Gasteiger partial charge in [0, 0.05) is 39.8 Å². The quantitative estimate of drug-likeness (QED) is 0.203. The number of hydrogen-bond acceptors (Lipinski definition) is 3. The van der Waals surface area contributed by atoms with Crippen molar-refractivity contribution in [2.24, 2.45) is 0 Å². The van der Waals surface area contributed by atoms with Crippen LogP contribution < -0.4 is 15.5 Å². The summed E-state index contributed by atoms with van der Waals surface area (Å²) in [5, 5.41) is 0. The molecule has 0 atom stereocenters. The van der Waals surface area contributed by atoms with E-state index in [0.29, 0.717) is 0 Å². The summed E-state index contributed by atoms with van der Waals surface area (Å²) in [6.45, 7) is 6.35. The highest BCUT2D eigenvalue weighted by molar-refractivity contribution is 5.81. The predicted octanol–water partition coefficient (Wildman–Crippen LogP) is 10.8. The van der Waals surface area contributed by atoms with Gasteiger partial charge in [0.1, 0.15) is 0 Å². The normalized spacial score (nSPS) is 10.8. The van der Waals surface area contributed by atoms with Crippen molar-refractivity contribution in [2.75, 3.05) is 15.5 Å². The SMILES string of the molecule is Cc1ccc(N(c2ccc(C)cc2)c2ccc(-c3ccc(N(c4ccc(C)cc4)c4ccc(N)cc4)cc3)cc2)cc1. The van der Waals surface area contributed by atoms with Gasteiger partial charge in [0.15, 0.2) is 0 Å². The fourth-order valence-corrected chi connectivity index (χ4v) is 5.21. The van der Waals surface area contributed by atoms with Crippen molar-refractivity contribution >= 4 is 39.8 Å². The van der Waals surface area contributed by atoms with Crippen LogP contribution in [-0.4, -0.2) is 0 Å². The predicted molar refractivity (Wildman–Crippen MR) is 180 cm³/mol. The Kier molecular flexibility index (Phi) is 7.49. The standard InChI is InChI=1S/C39H35N3/c1-28-4-16-34(17-5-28)41(35-18-6-29(2)7-19-35)37-22-10-31(11-23-37)32-12-24-38(25-13-32)42(36-20-8-30(3)9-21-36)39-26-14-33(40)15-27-39/h4-27H,40H2,1-3H3. The molecular formula is C39H35N3. The Morgan fingerprint density at radius 1 is 0.310 bits per heavy atom. The molecule has 2 N–H and O–H groups in total. The highest BCUT2D eigenvalue weighted by Gasteiger charge is 2.14. The molecule has 0 spiro atoms. The summed E-state index contributed by atoms with van der Waals surface area (Å²) in [4.78, 5) is 4.56. The molecule has 6 aromatic carbocycles. The Labute approximate surface area is 249 Å². The zero-order chi connectivity index (χ0) is 29.1. The monoisotopic (exact) mass is 545 g/mol. The first-order valence-corrected chi connectivity index (χ1v) is 14.3. The first kappa shape index (κ1) is 26.9. The lowest BCUT2D eigenvalue weighted by molar-refractivity contribution is 1.27. The van der Waals surface area contributed by atoms with Crippen LogP contribution in [0, 0.1) is 20.8 Å². The van der Waals surface area contributed by atoms with Gasteiger partial charge in [-0.2, -0.15) is 0 Å². The first-order chi connectivity index (χ1) is 20.4. The molecule has 0 aliphatic carbocycles. The molecule has 0 aromatic heterocycles. The van der Waals surface area contributed by atoms with Gasteiger partial charge in [0.2, 0.25) is 0 Å². The third kappa shape index (κ3) is 5.77. The van der Waals surface area contributed by atoms with Crippen molar-refractivity contribution in [1.82, 2.24) is 0 Å². The molecule has 3 nitrogen and oxygen atoms in total. The maximum absolute atomic E-state index is 5.99. The van der Waals surface area contributed by atoms with E-state index in [0.717, 1.165) is 39.8 Å². The maximum Gasteiger partial charge on any atom is 0.0463 e. The first-order valence-electron chi connectivity index (χ1n) is 14.3. The van der Waals surface area contributed by atoms with Gasteiger partial charge in [0.05, 0.1) is 0 Å². The minimum absolute atomic E-state index is 0.754. The van der Waals surface area contributed by atoms with E-state index in [1.807, 2.05) is 12.1 Å². The molecule has 42 heavy (non-hydrogen) atoms. The number of hydrogen-bond donors (Lipinski definition) is 1. The molecule has 0 heterocycles. The van der Waals surface area contributed by atoms with Crippen LogP contribution >= 0.6 is 0 Å². The van der Waals surface area contributed by atoms with Gasteiger partial charge in [-0.1, -0.05) is 77.4 Å². The zero-order valence-electron chi connectivity index (χ0n) is 24.3. The summed E-state index contributed by atoms with van der Waals surface area (Å²) in [6, 6.07) is 51.6. The minimum Gasteiger partial charge on any atom is -0.399 e. The van der Waals surface area contributed by atoms with Crippen molar-refractivity contribution < 1.29 is 0 Å². The van der Waals surface area contributed by atoms with E-state index in [4.69, 9.17) is 5.73 Å². The summed E-state index contributed by atoms with van der Waals surface area (Å²) < 4.78 is 0. The Hall–Kier alpha value is -5.28. The second-order valence-corrected chi connectivity index (χ2v) is 10.9. The van der Waals surface area contributed by atoms with Crippen LogP contribution in [0.1, 0.15) is 16.7 Å². The molecule has 0 saturated carbocycles. The van der Waals surface area contributed by atoms with E-state index in [1.54, 1.807) is 0 Å². The Morgan fingerprint density at radius 2 is 0.524 bits per heavy atom. The largest absolute Gasteiger partial charge is 0.399 e. The average Bonchev–Trinajstić information content (AvgIpc) is 3.02. The van der Waals surface area contributed by atoms with E-state index in [9.17, 15) is 0 Å². The molecular weight excluding hydrogens is 510 g/mol. The molecule has 6 rings (SSSR count). The van der Waals surface area contributed by atoms with Gasteiger partial charge in [-0.15, -0.1) is 0 Å². The van der Waals surface area contributed by atoms with Gasteiger partial charge in [-0.05, 0) is 117 Å². The minimum atomic E-state index is 0.754. The van der Waals surface area contributed by atoms with Crippen LogP contribution in [0.2, 0.25) is 0 Å². The molecule has 0 unspecified atom stereocenters. The van der Waals surface area contributed by atoms with Gasteiger partial charge < -0.3 is 15.5 Å². The summed E-state index contributed by atoms with van der Waals surface area (Å²) in [5.41, 5.74) is 19.5. The fourth-order valence-electron chi connectivity index (χ4n) is 5.21. The summed E-state index contributed by atoms with van der Waals surface area (Å²) in [6.07, 6.45) is 0. The number of aryl methyl sites for hydroxylation is 3. The van der Waals surface area contributed by atoms with Crippen LogP contribution in [-0.2, 0) is 0 Å². The summed E-state index contributed by atoms with van der Waals surface area (Å²) >= 11 is 0. The number of nitrogen functional groups attached to an aromatic ring is 1. The Morgan fingerprint density at radius 3 is 0.786 bits per heavy atom. The molecule has 0 saturated heterocycles. The molecule has 0 radical (unpaired) electrons. The van der Waals surface area contributed by atoms with E-state index in [-0.39, 0.29) is 0 Å². The van der Waals surface area contributed by atoms with Crippen molar-refractivity contribution in [2.45, 2.75) is 20.8 Å². The third-order valence-corrected chi connectivity index (χ3v) is 7.61. The molecule has 206 valence electrons. The van der Waals surface area contributed by atoms with E-state index in [2.05, 4.69) is 164 Å². The van der Waals surface area contributed by atoms with Gasteiger partial charge in [0.25, 0.3) is 0 Å². The van der Waals surface area contributed by atoms with Crippen molar-refractivity contribution in [3.05, 3.63) is 162 Å². The number of nitrogens with zero attached hydrogens (tertiary/aromatic N) is 2. The molecule has 3 heteroatoms. The van der Waals surface area contributed by atoms with E-state index < -0.39 is 0 Å². The topological polar surface area (TPSA) is 32.5 Å². The maximum atomic E-state index is 5.99. The molecule has 0 amide bonds. The van der Waals surface area contributed by atoms with Crippen molar-refractivity contribution in [1.29, 1.82) is 0 Å². The van der Waals surface area contributed by atoms with Gasteiger partial charge >= 0.3 is 0 Å². The molecule has 0 aliphatic rings. The molecule has 0 bridgehead atoms. The Bertz CT molecular complexity index is 1520. The van der Waals surface area contributed by atoms with Crippen LogP contribution in [0.3, 0.4) is 0 Å². The number of anilines is 7. The number of benzene rings is 6. The van der Waals surface area contributed by atoms with Crippen molar-refractivity contribution in [3.63, 3.8) is 0 Å². The number of rotatable bonds is 7. The lowest BCUT2D eigenvalue weighted by Gasteiger charge is -2.26. The number of nitrogens with two attached hydrogens (primary N) is 1. The fraction of sp³-hybridized carbons (Fsp3) is 0.0769. The Balaban J connectivity index is 1.31. The average molecular weight is 546 g/mol. The van der Waals surface area contributed by atoms with Crippen LogP contribution in [0.25, 0.3) is 11.1 Å². The second-order valence-electron chi connectivity index (χ2n) is 10.9. The van der Waals surface area contributed by atoms with Gasteiger partial charge in [-0.25, -0.2) is 0 Å². The van der Waals surface area contributed by atoms with Crippen LogP contribution in [0.5, 0.6) is 0 Å². The highest BCUT2D eigenvalue weighted by atomic mass is 15.1. The molecule has 0 fully saturated rings. The second kappa shape index (κ2) is 11.7. The lowest BCUT2D eigenvalue weighted by atomic mass is 10.0. The lowest BCUT2D eigenvalue weighted by Crippen LogP contribution is -2.10. The molecule has 0 aliphatic heterocycles. The van der Waals surface area contributed by atoms with Crippen LogP contribution in [0.15, 0.2) is 146 Å². The summed E-state index contributed by atoms with van der Waals surface area (Å²) in [7, 11) is 0.